The van der Waals surface area contributed by atoms with Gasteiger partial charge in [0.15, 0.2) is 0 Å². The highest BCUT2D eigenvalue weighted by atomic mass is 16.5. The number of nitriles is 1. The summed E-state index contributed by atoms with van der Waals surface area (Å²) in [5.74, 6) is -0.0414. The Morgan fingerprint density at radius 2 is 2.24 bits per heavy atom. The summed E-state index contributed by atoms with van der Waals surface area (Å²) < 4.78 is 7.53. The van der Waals surface area contributed by atoms with Crippen LogP contribution in [0.25, 0.3) is 0 Å². The van der Waals surface area contributed by atoms with E-state index in [9.17, 15) is 0 Å². The minimum absolute atomic E-state index is 0.0252. The molecule has 0 N–H and O–H groups in total. The molecule has 0 aromatic carbocycles. The number of ether oxygens (including phenoxy) is 1. The van der Waals surface area contributed by atoms with Crippen molar-refractivity contribution >= 4 is 0 Å². The molecule has 0 aliphatic carbocycles. The smallest absolute Gasteiger partial charge is 0.102 e. The lowest BCUT2D eigenvalue weighted by atomic mass is 9.86. The van der Waals surface area contributed by atoms with Crippen LogP contribution in [0.3, 0.4) is 0 Å². The van der Waals surface area contributed by atoms with Crippen LogP contribution >= 0.6 is 0 Å². The summed E-state index contributed by atoms with van der Waals surface area (Å²) in [6, 6.07) is 2.34. The van der Waals surface area contributed by atoms with Gasteiger partial charge in [-0.2, -0.15) is 10.4 Å². The van der Waals surface area contributed by atoms with Gasteiger partial charge in [0.1, 0.15) is 6.10 Å². The number of aromatic nitrogens is 2. The molecule has 1 fully saturated rings. The number of aryl methyl sites for hydroxylation is 1. The molecule has 2 unspecified atom stereocenters. The van der Waals surface area contributed by atoms with Gasteiger partial charge in [-0.25, -0.2) is 0 Å². The van der Waals surface area contributed by atoms with Crippen molar-refractivity contribution in [3.63, 3.8) is 0 Å². The molecule has 1 aromatic heterocycles. The maximum absolute atomic E-state index is 9.14. The van der Waals surface area contributed by atoms with E-state index >= 15 is 0 Å². The Bertz CT molecular complexity index is 450. The van der Waals surface area contributed by atoms with Crippen molar-refractivity contribution in [2.75, 3.05) is 6.61 Å². The van der Waals surface area contributed by atoms with E-state index in [0.29, 0.717) is 6.61 Å². The van der Waals surface area contributed by atoms with Gasteiger partial charge >= 0.3 is 0 Å². The maximum atomic E-state index is 9.14. The topological polar surface area (TPSA) is 50.8 Å². The first-order chi connectivity index (χ1) is 7.93. The van der Waals surface area contributed by atoms with Crippen LogP contribution in [-0.2, 0) is 17.2 Å². The Kier molecular flexibility index (Phi) is 2.96. The van der Waals surface area contributed by atoms with Gasteiger partial charge in [0, 0.05) is 30.8 Å². The SMILES string of the molecule is Cn1cc(C2OCCC2C#N)c(C(C)(C)C)n1. The van der Waals surface area contributed by atoms with E-state index in [0.717, 1.165) is 17.7 Å². The molecule has 0 amide bonds. The molecule has 0 spiro atoms. The van der Waals surface area contributed by atoms with Gasteiger partial charge < -0.3 is 4.74 Å². The first-order valence-corrected chi connectivity index (χ1v) is 5.98. The molecule has 1 aliphatic rings. The van der Waals surface area contributed by atoms with E-state index in [2.05, 4.69) is 31.9 Å². The van der Waals surface area contributed by atoms with Crippen molar-refractivity contribution in [2.45, 2.75) is 38.7 Å². The van der Waals surface area contributed by atoms with Gasteiger partial charge in [-0.1, -0.05) is 20.8 Å². The lowest BCUT2D eigenvalue weighted by Crippen LogP contribution is -2.17. The fourth-order valence-corrected chi connectivity index (χ4v) is 2.33. The third kappa shape index (κ3) is 2.20. The Labute approximate surface area is 102 Å². The van der Waals surface area contributed by atoms with Gasteiger partial charge in [0.25, 0.3) is 0 Å². The quantitative estimate of drug-likeness (QED) is 0.748. The van der Waals surface area contributed by atoms with Crippen LogP contribution in [0.4, 0.5) is 0 Å². The van der Waals surface area contributed by atoms with Crippen molar-refractivity contribution in [3.8, 4) is 6.07 Å². The third-order valence-electron chi connectivity index (χ3n) is 3.13. The molecule has 1 saturated heterocycles. The lowest BCUT2D eigenvalue weighted by Gasteiger charge is -2.21. The van der Waals surface area contributed by atoms with Crippen LogP contribution in [0.15, 0.2) is 6.20 Å². The van der Waals surface area contributed by atoms with Gasteiger partial charge in [-0.3, -0.25) is 4.68 Å². The van der Waals surface area contributed by atoms with Crippen LogP contribution in [0.2, 0.25) is 0 Å². The molecular formula is C13H19N3O. The number of rotatable bonds is 1. The monoisotopic (exact) mass is 233 g/mol. The van der Waals surface area contributed by atoms with E-state index in [-0.39, 0.29) is 17.4 Å². The van der Waals surface area contributed by atoms with Gasteiger partial charge in [-0.05, 0) is 6.42 Å². The summed E-state index contributed by atoms with van der Waals surface area (Å²) in [6.07, 6.45) is 2.70. The largest absolute Gasteiger partial charge is 0.372 e. The van der Waals surface area contributed by atoms with E-state index in [4.69, 9.17) is 10.00 Å². The molecule has 1 aromatic rings. The molecule has 0 bridgehead atoms. The standard InChI is InChI=1S/C13H19N3O/c1-13(2,3)12-10(8-16(4)15-12)11-9(7-14)5-6-17-11/h8-9,11H,5-6H2,1-4H3. The second kappa shape index (κ2) is 4.15. The minimum Gasteiger partial charge on any atom is -0.372 e. The average molecular weight is 233 g/mol. The minimum atomic E-state index is -0.108. The lowest BCUT2D eigenvalue weighted by molar-refractivity contribution is 0.0991. The zero-order chi connectivity index (χ0) is 12.6. The van der Waals surface area contributed by atoms with Crippen molar-refractivity contribution in [1.82, 2.24) is 9.78 Å². The Morgan fingerprint density at radius 1 is 1.53 bits per heavy atom. The molecule has 17 heavy (non-hydrogen) atoms. The molecule has 1 aliphatic heterocycles. The highest BCUT2D eigenvalue weighted by Crippen LogP contribution is 2.38. The second-order valence-electron chi connectivity index (χ2n) is 5.67. The molecule has 2 atom stereocenters. The Balaban J connectivity index is 2.42. The fourth-order valence-electron chi connectivity index (χ4n) is 2.33. The van der Waals surface area contributed by atoms with Crippen LogP contribution in [0, 0.1) is 17.2 Å². The van der Waals surface area contributed by atoms with Crippen LogP contribution in [0.1, 0.15) is 44.6 Å². The van der Waals surface area contributed by atoms with E-state index in [1.54, 1.807) is 0 Å². The molecule has 0 saturated carbocycles. The normalized spacial score (nSPS) is 24.9. The second-order valence-corrected chi connectivity index (χ2v) is 5.67. The van der Waals surface area contributed by atoms with Crippen molar-refractivity contribution in [3.05, 3.63) is 17.5 Å². The van der Waals surface area contributed by atoms with E-state index < -0.39 is 0 Å². The maximum Gasteiger partial charge on any atom is 0.102 e. The van der Waals surface area contributed by atoms with Crippen molar-refractivity contribution in [2.24, 2.45) is 13.0 Å². The Morgan fingerprint density at radius 3 is 2.82 bits per heavy atom. The highest BCUT2D eigenvalue weighted by molar-refractivity contribution is 5.28. The number of hydrogen-bond donors (Lipinski definition) is 0. The zero-order valence-corrected chi connectivity index (χ0v) is 10.9. The number of hydrogen-bond acceptors (Lipinski definition) is 3. The fraction of sp³-hybridized carbons (Fsp3) is 0.692. The van der Waals surface area contributed by atoms with Gasteiger partial charge in [0.2, 0.25) is 0 Å². The summed E-state index contributed by atoms with van der Waals surface area (Å²) in [5, 5.41) is 13.7. The summed E-state index contributed by atoms with van der Waals surface area (Å²) in [4.78, 5) is 0. The van der Waals surface area contributed by atoms with Crippen molar-refractivity contribution in [1.29, 1.82) is 5.26 Å². The third-order valence-corrected chi connectivity index (χ3v) is 3.13. The number of nitrogens with zero attached hydrogens (tertiary/aromatic N) is 3. The van der Waals surface area contributed by atoms with Gasteiger partial charge in [-0.15, -0.1) is 0 Å². The summed E-state index contributed by atoms with van der Waals surface area (Å²) in [6.45, 7) is 7.07. The van der Waals surface area contributed by atoms with Crippen LogP contribution in [0.5, 0.6) is 0 Å². The van der Waals surface area contributed by atoms with Crippen molar-refractivity contribution < 1.29 is 4.74 Å². The summed E-state index contributed by atoms with van der Waals surface area (Å²) in [5.41, 5.74) is 2.08. The molecule has 2 rings (SSSR count). The molecule has 92 valence electrons. The van der Waals surface area contributed by atoms with Crippen LogP contribution in [-0.4, -0.2) is 16.4 Å². The van der Waals surface area contributed by atoms with Gasteiger partial charge in [0.05, 0.1) is 17.7 Å². The van der Waals surface area contributed by atoms with E-state index in [1.165, 1.54) is 0 Å². The predicted octanol–water partition coefficient (Wildman–Crippen LogP) is 2.32. The average Bonchev–Trinajstić information content (AvgIpc) is 2.81. The van der Waals surface area contributed by atoms with Crippen LogP contribution < -0.4 is 0 Å². The summed E-state index contributed by atoms with van der Waals surface area (Å²) in [7, 11) is 1.91. The molecular weight excluding hydrogens is 214 g/mol. The predicted molar refractivity (Wildman–Crippen MR) is 64.3 cm³/mol. The van der Waals surface area contributed by atoms with E-state index in [1.807, 2.05) is 17.9 Å². The molecule has 0 radical (unpaired) electrons. The first-order valence-electron chi connectivity index (χ1n) is 5.98. The zero-order valence-electron chi connectivity index (χ0n) is 10.9. The first kappa shape index (κ1) is 12.1. The summed E-state index contributed by atoms with van der Waals surface area (Å²) >= 11 is 0. The molecule has 4 heteroatoms. The Hall–Kier alpha value is -1.34. The highest BCUT2D eigenvalue weighted by Gasteiger charge is 2.35. The molecule has 4 nitrogen and oxygen atoms in total. The molecule has 2 heterocycles.